The first kappa shape index (κ1) is 14.1. The second-order valence-electron chi connectivity index (χ2n) is 4.96. The number of aromatic carboxylic acids is 1. The van der Waals surface area contributed by atoms with Gasteiger partial charge in [-0.25, -0.2) is 9.48 Å². The summed E-state index contributed by atoms with van der Waals surface area (Å²) in [6.07, 6.45) is 3.37. The van der Waals surface area contributed by atoms with Crippen LogP contribution in [0.25, 0.3) is 16.9 Å². The third-order valence-electron chi connectivity index (χ3n) is 3.49. The van der Waals surface area contributed by atoms with Gasteiger partial charge in [0.1, 0.15) is 11.3 Å². The summed E-state index contributed by atoms with van der Waals surface area (Å²) in [6, 6.07) is 9.44. The predicted octanol–water partition coefficient (Wildman–Crippen LogP) is 2.76. The molecule has 0 atom stereocenters. The molecule has 1 aromatic carbocycles. The number of carboxylic acids is 1. The molecule has 0 amide bonds. The Morgan fingerprint density at radius 3 is 2.50 bits per heavy atom. The maximum Gasteiger partial charge on any atom is 0.339 e. The highest BCUT2D eigenvalue weighted by molar-refractivity contribution is 5.95. The summed E-state index contributed by atoms with van der Waals surface area (Å²) in [5.41, 5.74) is 2.93. The maximum absolute atomic E-state index is 11.5. The fourth-order valence-electron chi connectivity index (χ4n) is 2.35. The molecule has 3 rings (SSSR count). The van der Waals surface area contributed by atoms with Crippen molar-refractivity contribution in [3.8, 4) is 16.9 Å². The molecule has 0 radical (unpaired) electrons. The Labute approximate surface area is 127 Å². The highest BCUT2D eigenvalue weighted by atomic mass is 16.4. The minimum absolute atomic E-state index is 0.169. The molecule has 0 saturated carbocycles. The number of aromatic nitrogens is 4. The van der Waals surface area contributed by atoms with Gasteiger partial charge in [-0.2, -0.15) is 10.2 Å². The second-order valence-corrected chi connectivity index (χ2v) is 4.96. The molecular formula is C16H16N4O2. The number of hydrogen-bond acceptors (Lipinski definition) is 3. The average molecular weight is 296 g/mol. The number of hydrogen-bond donors (Lipinski definition) is 1. The molecule has 22 heavy (non-hydrogen) atoms. The topological polar surface area (TPSA) is 72.9 Å². The van der Waals surface area contributed by atoms with Gasteiger partial charge in [-0.1, -0.05) is 18.2 Å². The van der Waals surface area contributed by atoms with E-state index in [4.69, 9.17) is 0 Å². The van der Waals surface area contributed by atoms with E-state index in [-0.39, 0.29) is 5.56 Å². The van der Waals surface area contributed by atoms with Crippen molar-refractivity contribution in [3.05, 3.63) is 54.0 Å². The summed E-state index contributed by atoms with van der Waals surface area (Å²) in [5.74, 6) is -0.999. The molecule has 0 spiro atoms. The Morgan fingerprint density at radius 2 is 1.91 bits per heavy atom. The summed E-state index contributed by atoms with van der Waals surface area (Å²) < 4.78 is 3.36. The van der Waals surface area contributed by atoms with Gasteiger partial charge in [0.05, 0.1) is 11.4 Å². The largest absolute Gasteiger partial charge is 0.478 e. The third kappa shape index (κ3) is 2.39. The number of nitrogens with zero attached hydrogens (tertiary/aromatic N) is 4. The first-order chi connectivity index (χ1) is 10.6. The Hall–Kier alpha value is -2.89. The monoisotopic (exact) mass is 296 g/mol. The molecule has 2 aromatic heterocycles. The van der Waals surface area contributed by atoms with Crippen LogP contribution in [0.4, 0.5) is 0 Å². The lowest BCUT2D eigenvalue weighted by molar-refractivity contribution is 0.0697. The van der Waals surface area contributed by atoms with E-state index in [1.165, 1.54) is 6.20 Å². The summed E-state index contributed by atoms with van der Waals surface area (Å²) in [7, 11) is 0. The number of benzene rings is 1. The molecule has 0 bridgehead atoms. The molecule has 1 N–H and O–H groups in total. The van der Waals surface area contributed by atoms with Crippen molar-refractivity contribution in [2.45, 2.75) is 20.4 Å². The Balaban J connectivity index is 2.16. The van der Waals surface area contributed by atoms with Crippen molar-refractivity contribution in [1.82, 2.24) is 19.6 Å². The summed E-state index contributed by atoms with van der Waals surface area (Å²) in [4.78, 5) is 11.5. The maximum atomic E-state index is 11.5. The molecule has 0 fully saturated rings. The Morgan fingerprint density at radius 1 is 1.18 bits per heavy atom. The van der Waals surface area contributed by atoms with Gasteiger partial charge in [0.2, 0.25) is 0 Å². The lowest BCUT2D eigenvalue weighted by atomic mass is 10.1. The van der Waals surface area contributed by atoms with E-state index < -0.39 is 5.97 Å². The van der Waals surface area contributed by atoms with Gasteiger partial charge >= 0.3 is 5.97 Å². The zero-order valence-corrected chi connectivity index (χ0v) is 12.4. The number of aryl methyl sites for hydroxylation is 2. The van der Waals surface area contributed by atoms with Crippen LogP contribution in [0.3, 0.4) is 0 Å². The number of carbonyl (C=O) groups is 1. The molecule has 3 aromatic rings. The molecule has 112 valence electrons. The summed E-state index contributed by atoms with van der Waals surface area (Å²) in [6.45, 7) is 4.56. The fraction of sp³-hybridized carbons (Fsp3) is 0.188. The highest BCUT2D eigenvalue weighted by Gasteiger charge is 2.20. The molecular weight excluding hydrogens is 280 g/mol. The highest BCUT2D eigenvalue weighted by Crippen LogP contribution is 2.26. The SMILES string of the molecule is CCn1cc(-c2nn(-c3ccccc3)cc2C(=O)O)c(C)n1. The quantitative estimate of drug-likeness (QED) is 0.803. The van der Waals surface area contributed by atoms with Crippen LogP contribution in [0.15, 0.2) is 42.7 Å². The predicted molar refractivity (Wildman–Crippen MR) is 82.2 cm³/mol. The standard InChI is InChI=1S/C16H16N4O2/c1-3-19-9-13(11(2)17-19)15-14(16(21)22)10-20(18-15)12-7-5-4-6-8-12/h4-10H,3H2,1-2H3,(H,21,22). The van der Waals surface area contributed by atoms with E-state index in [2.05, 4.69) is 10.2 Å². The van der Waals surface area contributed by atoms with Gasteiger partial charge in [0.25, 0.3) is 0 Å². The van der Waals surface area contributed by atoms with Crippen LogP contribution in [0, 0.1) is 6.92 Å². The van der Waals surface area contributed by atoms with Gasteiger partial charge in [0, 0.05) is 24.5 Å². The molecule has 0 unspecified atom stereocenters. The fourth-order valence-corrected chi connectivity index (χ4v) is 2.35. The van der Waals surface area contributed by atoms with Crippen LogP contribution in [0.2, 0.25) is 0 Å². The van der Waals surface area contributed by atoms with E-state index in [1.54, 1.807) is 9.36 Å². The third-order valence-corrected chi connectivity index (χ3v) is 3.49. The van der Waals surface area contributed by atoms with Crippen molar-refractivity contribution in [3.63, 3.8) is 0 Å². The van der Waals surface area contributed by atoms with E-state index in [9.17, 15) is 9.90 Å². The van der Waals surface area contributed by atoms with Crippen LogP contribution in [-0.2, 0) is 6.54 Å². The summed E-state index contributed by atoms with van der Waals surface area (Å²) in [5, 5.41) is 18.3. The molecule has 0 aliphatic rings. The van der Waals surface area contributed by atoms with Gasteiger partial charge < -0.3 is 5.11 Å². The Bertz CT molecular complexity index is 818. The van der Waals surface area contributed by atoms with E-state index >= 15 is 0 Å². The molecule has 2 heterocycles. The molecule has 0 aliphatic heterocycles. The van der Waals surface area contributed by atoms with Gasteiger partial charge in [-0.15, -0.1) is 0 Å². The minimum Gasteiger partial charge on any atom is -0.478 e. The Kier molecular flexibility index (Phi) is 3.50. The summed E-state index contributed by atoms with van der Waals surface area (Å²) >= 11 is 0. The van der Waals surface area contributed by atoms with Crippen LogP contribution in [0.1, 0.15) is 23.0 Å². The number of para-hydroxylation sites is 1. The zero-order chi connectivity index (χ0) is 15.7. The van der Waals surface area contributed by atoms with E-state index in [1.807, 2.05) is 50.4 Å². The lowest BCUT2D eigenvalue weighted by Crippen LogP contribution is -1.96. The number of carboxylic acid groups (broad SMARTS) is 1. The molecule has 6 nitrogen and oxygen atoms in total. The molecule has 0 saturated heterocycles. The van der Waals surface area contributed by atoms with E-state index in [0.29, 0.717) is 5.69 Å². The van der Waals surface area contributed by atoms with Gasteiger partial charge in [0.15, 0.2) is 0 Å². The van der Waals surface area contributed by atoms with Crippen molar-refractivity contribution >= 4 is 5.97 Å². The van der Waals surface area contributed by atoms with Gasteiger partial charge in [-0.05, 0) is 26.0 Å². The lowest BCUT2D eigenvalue weighted by Gasteiger charge is -1.99. The average Bonchev–Trinajstić information content (AvgIpc) is 3.11. The first-order valence-corrected chi connectivity index (χ1v) is 7.03. The van der Waals surface area contributed by atoms with E-state index in [0.717, 1.165) is 23.5 Å². The molecule has 0 aliphatic carbocycles. The normalized spacial score (nSPS) is 10.8. The van der Waals surface area contributed by atoms with Crippen molar-refractivity contribution < 1.29 is 9.90 Å². The van der Waals surface area contributed by atoms with Crippen LogP contribution in [0.5, 0.6) is 0 Å². The second kappa shape index (κ2) is 5.48. The smallest absolute Gasteiger partial charge is 0.339 e. The first-order valence-electron chi connectivity index (χ1n) is 7.03. The van der Waals surface area contributed by atoms with Crippen molar-refractivity contribution in [2.75, 3.05) is 0 Å². The minimum atomic E-state index is -0.999. The van der Waals surface area contributed by atoms with Crippen LogP contribution < -0.4 is 0 Å². The van der Waals surface area contributed by atoms with Crippen molar-refractivity contribution in [2.24, 2.45) is 0 Å². The van der Waals surface area contributed by atoms with Crippen LogP contribution in [-0.4, -0.2) is 30.6 Å². The van der Waals surface area contributed by atoms with Crippen LogP contribution >= 0.6 is 0 Å². The van der Waals surface area contributed by atoms with Gasteiger partial charge in [-0.3, -0.25) is 4.68 Å². The molecule has 6 heteroatoms. The van der Waals surface area contributed by atoms with Crippen molar-refractivity contribution in [1.29, 1.82) is 0 Å². The number of rotatable bonds is 4. The zero-order valence-electron chi connectivity index (χ0n) is 12.4.